The molecule has 3 aromatic carbocycles. The minimum Gasteiger partial charge on any atom is -0.391 e. The summed E-state index contributed by atoms with van der Waals surface area (Å²) in [5.41, 5.74) is 5.19. The second-order valence-corrected chi connectivity index (χ2v) is 26.8. The predicted octanol–water partition coefficient (Wildman–Crippen LogP) is 7.85. The van der Waals surface area contributed by atoms with Crippen molar-refractivity contribution in [1.29, 1.82) is 0 Å². The molecular formula is C61H74F3N11O7S2. The number of carbonyl (C=O) groups is 4. The third-order valence-corrected chi connectivity index (χ3v) is 19.4. The fourth-order valence-corrected chi connectivity index (χ4v) is 14.5. The summed E-state index contributed by atoms with van der Waals surface area (Å²) < 4.78 is 73.6. The van der Waals surface area contributed by atoms with Gasteiger partial charge in [-0.15, -0.1) is 11.3 Å². The lowest BCUT2D eigenvalue weighted by Crippen LogP contribution is -2.59. The molecule has 0 radical (unpaired) electrons. The summed E-state index contributed by atoms with van der Waals surface area (Å²) in [7, 11) is -4.38. The Bertz CT molecular complexity index is 3500. The number of nitrogens with zero attached hydrogens (tertiary/aromatic N) is 7. The smallest absolute Gasteiger partial charge is 0.301 e. The van der Waals surface area contributed by atoms with E-state index < -0.39 is 81.1 Å². The largest absolute Gasteiger partial charge is 0.391 e. The Balaban J connectivity index is 0.702. The van der Waals surface area contributed by atoms with Crippen molar-refractivity contribution in [3.8, 4) is 21.6 Å². The average Bonchev–Trinajstić information content (AvgIpc) is 3.97. The molecule has 4 fully saturated rings. The zero-order chi connectivity index (χ0) is 59.9. The molecule has 4 aliphatic heterocycles. The van der Waals surface area contributed by atoms with Gasteiger partial charge >= 0.3 is 10.2 Å². The van der Waals surface area contributed by atoms with E-state index in [1.54, 1.807) is 23.6 Å². The normalized spacial score (nSPS) is 22.1. The maximum absolute atomic E-state index is 15.9. The number of thiazole rings is 1. The number of aryl methyl sites for hydroxylation is 1. The van der Waals surface area contributed by atoms with Crippen LogP contribution >= 0.6 is 11.3 Å². The van der Waals surface area contributed by atoms with Crippen molar-refractivity contribution >= 4 is 67.5 Å². The number of piperazine rings is 1. The molecule has 0 aliphatic carbocycles. The molecule has 6 aromatic rings. The number of piperidine rings is 1. The fourth-order valence-electron chi connectivity index (χ4n) is 12.5. The molecule has 0 saturated carbocycles. The molecule has 448 valence electrons. The molecule has 84 heavy (non-hydrogen) atoms. The highest BCUT2D eigenvalue weighted by Gasteiger charge is 2.45. The lowest BCUT2D eigenvalue weighted by atomic mass is 9.85. The van der Waals surface area contributed by atoms with Gasteiger partial charge < -0.3 is 30.5 Å². The average molecular weight is 1190 g/mol. The van der Waals surface area contributed by atoms with Gasteiger partial charge in [-0.1, -0.05) is 57.2 Å². The molecule has 2 unspecified atom stereocenters. The summed E-state index contributed by atoms with van der Waals surface area (Å²) in [4.78, 5) is 77.2. The van der Waals surface area contributed by atoms with Crippen molar-refractivity contribution in [2.24, 2.45) is 11.3 Å². The number of aliphatic hydroxyl groups is 1. The third kappa shape index (κ3) is 13.1. The number of anilines is 2. The van der Waals surface area contributed by atoms with Crippen LogP contribution in [-0.4, -0.2) is 166 Å². The van der Waals surface area contributed by atoms with Gasteiger partial charge in [0.15, 0.2) is 5.82 Å². The number of benzene rings is 3. The van der Waals surface area contributed by atoms with Gasteiger partial charge in [-0.3, -0.25) is 33.7 Å². The number of H-pyrrole nitrogens is 1. The Morgan fingerprint density at radius 2 is 1.55 bits per heavy atom. The van der Waals surface area contributed by atoms with Crippen LogP contribution in [0.15, 0.2) is 84.6 Å². The van der Waals surface area contributed by atoms with Crippen LogP contribution in [0, 0.1) is 29.9 Å². The second-order valence-electron chi connectivity index (χ2n) is 24.3. The van der Waals surface area contributed by atoms with Crippen LogP contribution in [0.25, 0.3) is 32.6 Å². The van der Waals surface area contributed by atoms with Gasteiger partial charge in [0.2, 0.25) is 23.5 Å². The van der Waals surface area contributed by atoms with Crippen LogP contribution in [0.4, 0.5) is 24.5 Å². The lowest BCUT2D eigenvalue weighted by Gasteiger charge is -2.47. The van der Waals surface area contributed by atoms with Gasteiger partial charge in [-0.2, -0.15) is 12.7 Å². The van der Waals surface area contributed by atoms with E-state index in [9.17, 15) is 37.1 Å². The molecule has 7 atom stereocenters. The minimum absolute atomic E-state index is 0.00697. The number of pyridine rings is 1. The van der Waals surface area contributed by atoms with Crippen LogP contribution < -0.4 is 20.3 Å². The number of aromatic amines is 1. The standard InChI is InChI=1S/C61H74F3N11O7S2/c1-35-28-72(29-36(2)75(35)45-14-12-41(13-15-45)43-24-47-48(27-66-58(47)65-26-43)55(78)53-49(63)16-17-50(54(53)64)70-84(81,82)73-23-20-44(62)31-73)30-39-18-21-71(22-19-39)33-52(77)69-57(61(5,6)7)60(80)74-32-46(76)25-51(74)59(79)68-37(3)40-8-10-42(11-9-40)56-38(4)67-34-83-56/h8-17,24,26-27,34-37,39,44,46,51,57,70,76H,18-23,25,28-33H2,1-7H3,(H,65,66)(H,68,79)(H,69,77)/t35-,36+,37?,44-,46-,51+,57?/m1/s1. The number of aromatic nitrogens is 3. The van der Waals surface area contributed by atoms with E-state index in [1.165, 1.54) is 11.1 Å². The molecule has 0 spiro atoms. The number of carbonyl (C=O) groups excluding carboxylic acids is 4. The number of likely N-dealkylation sites (tertiary alicyclic amines) is 2. The number of halogens is 3. The molecule has 3 aromatic heterocycles. The van der Waals surface area contributed by atoms with Crippen molar-refractivity contribution in [1.82, 2.24) is 44.6 Å². The SMILES string of the molecule is Cc1ncsc1-c1ccc(C(C)NC(=O)[C@@H]2C[C@@H](O)CN2C(=O)C(NC(=O)CN2CCC(CN3C[C@@H](C)N(c4ccc(-c5cnc6[nH]cc(C(=O)c7c(F)ccc(NS(=O)(=O)N8CC[C@@H](F)C8)c7F)c6c5)cc4)[C@@H](C)C3)CC2)C(C)(C)C)cc1. The number of aliphatic hydroxyl groups excluding tert-OH is 1. The van der Waals surface area contributed by atoms with Gasteiger partial charge in [0.05, 0.1) is 46.0 Å². The molecule has 4 saturated heterocycles. The van der Waals surface area contributed by atoms with Crippen molar-refractivity contribution in [2.75, 3.05) is 68.5 Å². The molecule has 10 rings (SSSR count). The molecule has 0 bridgehead atoms. The molecule has 18 nitrogen and oxygen atoms in total. The zero-order valence-corrected chi connectivity index (χ0v) is 50.0. The summed E-state index contributed by atoms with van der Waals surface area (Å²) in [6, 6.07) is 17.6. The number of ketones is 1. The minimum atomic E-state index is -4.38. The Morgan fingerprint density at radius 3 is 2.19 bits per heavy atom. The van der Waals surface area contributed by atoms with Crippen molar-refractivity contribution < 1.29 is 45.9 Å². The van der Waals surface area contributed by atoms with E-state index in [2.05, 4.69) is 54.1 Å². The van der Waals surface area contributed by atoms with Crippen LogP contribution in [0.5, 0.6) is 0 Å². The van der Waals surface area contributed by atoms with E-state index in [0.717, 1.165) is 95.0 Å². The number of amides is 3. The van der Waals surface area contributed by atoms with Crippen LogP contribution in [-0.2, 0) is 24.6 Å². The molecule has 23 heteroatoms. The Morgan fingerprint density at radius 1 is 0.857 bits per heavy atom. The molecular weight excluding hydrogens is 1120 g/mol. The third-order valence-electron chi connectivity index (χ3n) is 16.9. The number of hydrogen-bond acceptors (Lipinski definition) is 13. The maximum Gasteiger partial charge on any atom is 0.301 e. The van der Waals surface area contributed by atoms with Crippen molar-refractivity contribution in [3.63, 3.8) is 0 Å². The highest BCUT2D eigenvalue weighted by atomic mass is 32.2. The van der Waals surface area contributed by atoms with Gasteiger partial charge in [0.1, 0.15) is 29.7 Å². The highest BCUT2D eigenvalue weighted by molar-refractivity contribution is 7.90. The van der Waals surface area contributed by atoms with Gasteiger partial charge in [0, 0.05) is 92.4 Å². The quantitative estimate of drug-likeness (QED) is 0.0552. The summed E-state index contributed by atoms with van der Waals surface area (Å²) in [6.07, 6.45) is 2.64. The van der Waals surface area contributed by atoms with E-state index in [1.807, 2.05) is 93.4 Å². The highest BCUT2D eigenvalue weighted by Crippen LogP contribution is 2.35. The van der Waals surface area contributed by atoms with Crippen molar-refractivity contribution in [2.45, 2.75) is 117 Å². The van der Waals surface area contributed by atoms with E-state index in [-0.39, 0.29) is 68.0 Å². The number of β-amino-alcohol motifs (C(OH)–C–C–N with tert-alkyl or cyclic N) is 1. The fraction of sp³-hybridized carbons (Fsp3) is 0.475. The Kier molecular flexibility index (Phi) is 17.7. The number of hydrogen-bond donors (Lipinski definition) is 5. The maximum atomic E-state index is 15.9. The van der Waals surface area contributed by atoms with Crippen LogP contribution in [0.3, 0.4) is 0 Å². The summed E-state index contributed by atoms with van der Waals surface area (Å²) in [5, 5.41) is 17.2. The lowest BCUT2D eigenvalue weighted by molar-refractivity contribution is -0.144. The van der Waals surface area contributed by atoms with E-state index in [4.69, 9.17) is 0 Å². The van der Waals surface area contributed by atoms with Gasteiger partial charge in [-0.25, -0.2) is 23.1 Å². The first kappa shape index (κ1) is 60.4. The van der Waals surface area contributed by atoms with Gasteiger partial charge in [-0.05, 0) is 118 Å². The number of alkyl halides is 1. The zero-order valence-electron chi connectivity index (χ0n) is 48.4. The van der Waals surface area contributed by atoms with Crippen LogP contribution in [0.1, 0.15) is 100 Å². The Labute approximate surface area is 492 Å². The van der Waals surface area contributed by atoms with E-state index in [0.29, 0.717) is 22.5 Å². The first-order valence-electron chi connectivity index (χ1n) is 28.8. The van der Waals surface area contributed by atoms with Gasteiger partial charge in [0.25, 0.3) is 0 Å². The Hall–Kier alpha value is -6.76. The first-order valence-corrected chi connectivity index (χ1v) is 31.1. The summed E-state index contributed by atoms with van der Waals surface area (Å²) >= 11 is 1.57. The van der Waals surface area contributed by atoms with Crippen LogP contribution in [0.2, 0.25) is 0 Å². The van der Waals surface area contributed by atoms with E-state index >= 15 is 8.78 Å². The molecule has 3 amide bonds. The predicted molar refractivity (Wildman–Crippen MR) is 318 cm³/mol. The topological polar surface area (TPSA) is 217 Å². The number of nitrogens with one attached hydrogen (secondary N) is 4. The summed E-state index contributed by atoms with van der Waals surface area (Å²) in [5.74, 6) is -4.17. The summed E-state index contributed by atoms with van der Waals surface area (Å²) in [6.45, 7) is 17.7. The monoisotopic (exact) mass is 1190 g/mol. The molecule has 4 aliphatic rings. The first-order chi connectivity index (χ1) is 39.9. The second kappa shape index (κ2) is 24.7. The number of rotatable bonds is 17. The molecule has 5 N–H and O–H groups in total. The number of fused-ring (bicyclic) bond motifs is 1. The van der Waals surface area contributed by atoms with Crippen molar-refractivity contribution in [3.05, 3.63) is 119 Å². The molecule has 7 heterocycles.